The second-order valence-corrected chi connectivity index (χ2v) is 9.16. The van der Waals surface area contributed by atoms with Crippen molar-refractivity contribution < 1.29 is 9.90 Å². The molecular formula is C25H30N6O2. The number of pyridine rings is 1. The number of carbonyl (C=O) groups is 1. The van der Waals surface area contributed by atoms with Crippen LogP contribution in [0, 0.1) is 20.8 Å². The smallest absolute Gasteiger partial charge is 0.231 e. The zero-order valence-corrected chi connectivity index (χ0v) is 19.4. The Kier molecular flexibility index (Phi) is 5.42. The van der Waals surface area contributed by atoms with Gasteiger partial charge in [0.1, 0.15) is 13.1 Å². The number of fused-ring (bicyclic) bond motifs is 2. The standard InChI is InChI=1S/C25H30N6O2/c1-15-16(2)25-27-13-28-31(25)11-21(15)24-17(3)20-10-19(4-5-22(20)30(24)14-32)18-6-8-29(9-7-18)12-23(26)33/h4-5,10-11,13,18,32H,6-9,12,14H2,1-3H3,(H2,26,33). The van der Waals surface area contributed by atoms with Gasteiger partial charge in [-0.3, -0.25) is 9.69 Å². The lowest BCUT2D eigenvalue weighted by atomic mass is 9.88. The Bertz CT molecular complexity index is 1360. The first-order valence-electron chi connectivity index (χ1n) is 11.4. The second kappa shape index (κ2) is 8.28. The number of likely N-dealkylation sites (tertiary alicyclic amines) is 1. The molecule has 1 fully saturated rings. The Labute approximate surface area is 192 Å². The van der Waals surface area contributed by atoms with Crippen LogP contribution in [0.3, 0.4) is 0 Å². The maximum atomic E-state index is 11.2. The molecule has 8 heteroatoms. The molecule has 3 aromatic heterocycles. The predicted molar refractivity (Wildman–Crippen MR) is 128 cm³/mol. The van der Waals surface area contributed by atoms with Gasteiger partial charge in [-0.1, -0.05) is 6.07 Å². The summed E-state index contributed by atoms with van der Waals surface area (Å²) in [7, 11) is 0. The molecule has 8 nitrogen and oxygen atoms in total. The van der Waals surface area contributed by atoms with E-state index in [0.29, 0.717) is 12.5 Å². The topological polar surface area (TPSA) is 102 Å². The van der Waals surface area contributed by atoms with E-state index in [1.54, 1.807) is 6.33 Å². The summed E-state index contributed by atoms with van der Waals surface area (Å²) in [5.74, 6) is 0.187. The van der Waals surface area contributed by atoms with Crippen LogP contribution in [0.4, 0.5) is 0 Å². The maximum absolute atomic E-state index is 11.2. The summed E-state index contributed by atoms with van der Waals surface area (Å²) in [6.07, 6.45) is 5.59. The number of primary amides is 1. The lowest BCUT2D eigenvalue weighted by molar-refractivity contribution is -0.119. The maximum Gasteiger partial charge on any atom is 0.231 e. The zero-order chi connectivity index (χ0) is 23.3. The third-order valence-corrected chi connectivity index (χ3v) is 7.30. The molecule has 0 atom stereocenters. The molecule has 1 aliphatic heterocycles. The summed E-state index contributed by atoms with van der Waals surface area (Å²) in [6.45, 7) is 8.29. The molecule has 0 saturated carbocycles. The largest absolute Gasteiger partial charge is 0.376 e. The summed E-state index contributed by atoms with van der Waals surface area (Å²) in [6, 6.07) is 6.60. The number of aliphatic hydroxyl groups excluding tert-OH is 1. The van der Waals surface area contributed by atoms with Gasteiger partial charge in [-0.2, -0.15) is 5.10 Å². The molecule has 0 bridgehead atoms. The molecule has 172 valence electrons. The van der Waals surface area contributed by atoms with Crippen molar-refractivity contribution in [3.05, 3.63) is 53.0 Å². The van der Waals surface area contributed by atoms with E-state index in [1.165, 1.54) is 5.56 Å². The van der Waals surface area contributed by atoms with Crippen LogP contribution in [0.5, 0.6) is 0 Å². The molecule has 4 aromatic rings. The first-order chi connectivity index (χ1) is 15.9. The third kappa shape index (κ3) is 3.59. The van der Waals surface area contributed by atoms with E-state index < -0.39 is 0 Å². The number of piperidine rings is 1. The summed E-state index contributed by atoms with van der Waals surface area (Å²) in [4.78, 5) is 17.7. The van der Waals surface area contributed by atoms with Crippen LogP contribution in [-0.4, -0.2) is 54.7 Å². The minimum atomic E-state index is -0.266. The summed E-state index contributed by atoms with van der Waals surface area (Å²) in [5.41, 5.74) is 14.0. The lowest BCUT2D eigenvalue weighted by Crippen LogP contribution is -2.39. The number of nitrogens with two attached hydrogens (primary N) is 1. The van der Waals surface area contributed by atoms with Crippen molar-refractivity contribution in [2.75, 3.05) is 19.6 Å². The number of aromatic nitrogens is 4. The Morgan fingerprint density at radius 2 is 1.91 bits per heavy atom. The number of rotatable bonds is 5. The monoisotopic (exact) mass is 446 g/mol. The number of aliphatic hydroxyl groups is 1. The number of benzene rings is 1. The molecule has 0 unspecified atom stereocenters. The summed E-state index contributed by atoms with van der Waals surface area (Å²) in [5, 5.41) is 15.8. The number of nitrogens with zero attached hydrogens (tertiary/aromatic N) is 5. The highest BCUT2D eigenvalue weighted by atomic mass is 16.3. The quantitative estimate of drug-likeness (QED) is 0.491. The van der Waals surface area contributed by atoms with Gasteiger partial charge < -0.3 is 15.4 Å². The Hall–Kier alpha value is -3.23. The van der Waals surface area contributed by atoms with Gasteiger partial charge in [-0.25, -0.2) is 9.50 Å². The van der Waals surface area contributed by atoms with E-state index in [4.69, 9.17) is 5.73 Å². The molecule has 1 saturated heterocycles. The van der Waals surface area contributed by atoms with Crippen molar-refractivity contribution in [2.24, 2.45) is 5.73 Å². The van der Waals surface area contributed by atoms with E-state index in [2.05, 4.69) is 54.0 Å². The first-order valence-corrected chi connectivity index (χ1v) is 11.4. The minimum absolute atomic E-state index is 0.0988. The Morgan fingerprint density at radius 3 is 2.61 bits per heavy atom. The molecular weight excluding hydrogens is 416 g/mol. The highest BCUT2D eigenvalue weighted by molar-refractivity contribution is 5.93. The Morgan fingerprint density at radius 1 is 1.15 bits per heavy atom. The van der Waals surface area contributed by atoms with Crippen molar-refractivity contribution in [1.29, 1.82) is 0 Å². The number of carbonyl (C=O) groups excluding carboxylic acids is 1. The van der Waals surface area contributed by atoms with E-state index >= 15 is 0 Å². The van der Waals surface area contributed by atoms with Gasteiger partial charge >= 0.3 is 0 Å². The van der Waals surface area contributed by atoms with Gasteiger partial charge in [0.05, 0.1) is 17.8 Å². The molecule has 0 aliphatic carbocycles. The molecule has 33 heavy (non-hydrogen) atoms. The van der Waals surface area contributed by atoms with Crippen molar-refractivity contribution in [3.63, 3.8) is 0 Å². The highest BCUT2D eigenvalue weighted by Gasteiger charge is 2.24. The van der Waals surface area contributed by atoms with Crippen LogP contribution in [0.25, 0.3) is 27.8 Å². The highest BCUT2D eigenvalue weighted by Crippen LogP contribution is 2.38. The van der Waals surface area contributed by atoms with Crippen LogP contribution in [-0.2, 0) is 11.5 Å². The average Bonchev–Trinajstić information content (AvgIpc) is 3.38. The van der Waals surface area contributed by atoms with Gasteiger partial charge in [-0.15, -0.1) is 0 Å². The first kappa shape index (κ1) is 21.6. The van der Waals surface area contributed by atoms with Crippen molar-refractivity contribution in [3.8, 4) is 11.3 Å². The normalized spacial score (nSPS) is 15.6. The van der Waals surface area contributed by atoms with Crippen LogP contribution < -0.4 is 5.73 Å². The summed E-state index contributed by atoms with van der Waals surface area (Å²) < 4.78 is 3.79. The molecule has 4 heterocycles. The Balaban J connectivity index is 1.56. The number of hydrogen-bond donors (Lipinski definition) is 2. The number of aryl methyl sites for hydroxylation is 2. The van der Waals surface area contributed by atoms with Crippen molar-refractivity contribution in [2.45, 2.75) is 46.3 Å². The van der Waals surface area contributed by atoms with Crippen LogP contribution >= 0.6 is 0 Å². The fraction of sp³-hybridized carbons (Fsp3) is 0.400. The van der Waals surface area contributed by atoms with Crippen molar-refractivity contribution >= 4 is 22.5 Å². The molecule has 3 N–H and O–H groups in total. The fourth-order valence-electron chi connectivity index (χ4n) is 5.37. The third-order valence-electron chi connectivity index (χ3n) is 7.30. The van der Waals surface area contributed by atoms with Crippen molar-refractivity contribution in [1.82, 2.24) is 24.1 Å². The zero-order valence-electron chi connectivity index (χ0n) is 19.4. The molecule has 0 spiro atoms. The van der Waals surface area contributed by atoms with E-state index in [0.717, 1.165) is 70.4 Å². The molecule has 1 aromatic carbocycles. The van der Waals surface area contributed by atoms with E-state index in [9.17, 15) is 9.90 Å². The minimum Gasteiger partial charge on any atom is -0.376 e. The molecule has 1 aliphatic rings. The number of hydrogen-bond acceptors (Lipinski definition) is 5. The van der Waals surface area contributed by atoms with Gasteiger partial charge in [-0.05, 0) is 87.0 Å². The molecule has 5 rings (SSSR count). The lowest BCUT2D eigenvalue weighted by Gasteiger charge is -2.31. The van der Waals surface area contributed by atoms with Crippen LogP contribution in [0.1, 0.15) is 41.0 Å². The fourth-order valence-corrected chi connectivity index (χ4v) is 5.37. The van der Waals surface area contributed by atoms with Crippen LogP contribution in [0.15, 0.2) is 30.7 Å². The SMILES string of the molecule is Cc1c(-c2c(C)c3cc(C4CCN(CC(N)=O)CC4)ccc3n2CO)cn2ncnc2c1C. The second-order valence-electron chi connectivity index (χ2n) is 9.16. The van der Waals surface area contributed by atoms with Gasteiger partial charge in [0.15, 0.2) is 5.65 Å². The van der Waals surface area contributed by atoms with Gasteiger partial charge in [0.25, 0.3) is 0 Å². The van der Waals surface area contributed by atoms with Crippen LogP contribution in [0.2, 0.25) is 0 Å². The van der Waals surface area contributed by atoms with Gasteiger partial charge in [0.2, 0.25) is 5.91 Å². The predicted octanol–water partition coefficient (Wildman–Crippen LogP) is 2.89. The average molecular weight is 447 g/mol. The van der Waals surface area contributed by atoms with E-state index in [1.807, 2.05) is 15.3 Å². The number of amides is 1. The van der Waals surface area contributed by atoms with E-state index in [-0.39, 0.29) is 12.6 Å². The van der Waals surface area contributed by atoms with Gasteiger partial charge in [0, 0.05) is 17.1 Å². The molecule has 1 amide bonds. The molecule has 0 radical (unpaired) electrons. The summed E-state index contributed by atoms with van der Waals surface area (Å²) >= 11 is 0.